The lowest BCUT2D eigenvalue weighted by Crippen LogP contribution is -2.37. The van der Waals surface area contributed by atoms with Gasteiger partial charge in [0.15, 0.2) is 6.10 Å². The van der Waals surface area contributed by atoms with Gasteiger partial charge in [-0.15, -0.1) is 0 Å². The topological polar surface area (TPSA) is 111 Å². The highest BCUT2D eigenvalue weighted by Gasteiger charge is 2.21. The Morgan fingerprint density at radius 3 is 1.04 bits per heavy atom. The first kappa shape index (κ1) is 75.9. The quantitative estimate of drug-likeness (QED) is 0.0195. The normalized spacial score (nSPS) is 14.2. The first-order valence-corrected chi connectivity index (χ1v) is 33.0. The van der Waals surface area contributed by atoms with Crippen molar-refractivity contribution in [2.75, 3.05) is 47.5 Å². The van der Waals surface area contributed by atoms with E-state index in [0.717, 1.165) is 103 Å². The van der Waals surface area contributed by atoms with Gasteiger partial charge in [0.25, 0.3) is 7.82 Å². The molecule has 0 aliphatic heterocycles. The van der Waals surface area contributed by atoms with Crippen LogP contribution < -0.4 is 4.89 Å². The number of carbonyl (C=O) groups is 2. The summed E-state index contributed by atoms with van der Waals surface area (Å²) in [6, 6.07) is 0. The van der Waals surface area contributed by atoms with E-state index in [9.17, 15) is 19.0 Å². The zero-order valence-corrected chi connectivity index (χ0v) is 52.4. The van der Waals surface area contributed by atoms with Gasteiger partial charge in [-0.25, -0.2) is 0 Å². The predicted molar refractivity (Wildman–Crippen MR) is 341 cm³/mol. The number of rotatable bonds is 56. The van der Waals surface area contributed by atoms with Crippen LogP contribution in [0.25, 0.3) is 0 Å². The molecule has 0 spiro atoms. The minimum Gasteiger partial charge on any atom is -0.756 e. The standard InChI is InChI=1S/C70H116NO8P/c1-6-8-10-12-14-16-18-20-22-24-25-26-27-28-29-30-31-32-33-34-35-36-37-38-39-40-41-42-43-44-45-47-49-51-53-55-57-59-61-63-70(73)79-68(67-78-80(74,75)77-65-64-71(3,4)5)66-76-69(72)62-60-58-56-54-52-50-48-46-23-21-19-17-15-13-11-9-7-2/h8-11,14-17,20-23,25-26,28-29,31-32,34-35,48,50,54,56,68H,6-7,12-13,18-19,24,27,30,33,36-47,49,51-53,55,57-67H2,1-5H3/b10-8-,11-9-,16-14-,17-15-,22-20-,23-21-,26-25-,29-28-,32-31-,35-34-,50-48-,56-54-. The van der Waals surface area contributed by atoms with E-state index in [1.165, 1.54) is 89.9 Å². The van der Waals surface area contributed by atoms with Crippen molar-refractivity contribution < 1.29 is 42.1 Å². The number of nitrogens with zero attached hydrogens (tertiary/aromatic N) is 1. The van der Waals surface area contributed by atoms with E-state index in [1.54, 1.807) is 0 Å². The maximum Gasteiger partial charge on any atom is 0.306 e. The molecule has 0 aromatic heterocycles. The Morgan fingerprint density at radius 1 is 0.388 bits per heavy atom. The molecular weight excluding hydrogens is 1010 g/mol. The Labute approximate surface area is 491 Å². The number of esters is 2. The van der Waals surface area contributed by atoms with Gasteiger partial charge in [-0.05, 0) is 109 Å². The van der Waals surface area contributed by atoms with Crippen LogP contribution in [0.4, 0.5) is 0 Å². The van der Waals surface area contributed by atoms with Crippen LogP contribution in [0.15, 0.2) is 146 Å². The van der Waals surface area contributed by atoms with Crippen LogP contribution in [-0.4, -0.2) is 70.0 Å². The van der Waals surface area contributed by atoms with Crippen molar-refractivity contribution in [3.8, 4) is 0 Å². The van der Waals surface area contributed by atoms with Gasteiger partial charge < -0.3 is 27.9 Å². The van der Waals surface area contributed by atoms with Crippen molar-refractivity contribution in [2.24, 2.45) is 0 Å². The highest BCUT2D eigenvalue weighted by molar-refractivity contribution is 7.45. The van der Waals surface area contributed by atoms with Crippen molar-refractivity contribution in [3.05, 3.63) is 146 Å². The summed E-state index contributed by atoms with van der Waals surface area (Å²) >= 11 is 0. The summed E-state index contributed by atoms with van der Waals surface area (Å²) in [6.45, 7) is 3.93. The molecule has 0 N–H and O–H groups in total. The summed E-state index contributed by atoms with van der Waals surface area (Å²) in [5.41, 5.74) is 0. The van der Waals surface area contributed by atoms with Crippen LogP contribution >= 0.6 is 7.82 Å². The second kappa shape index (κ2) is 59.5. The van der Waals surface area contributed by atoms with Crippen LogP contribution in [-0.2, 0) is 32.7 Å². The van der Waals surface area contributed by atoms with E-state index in [4.69, 9.17) is 18.5 Å². The first-order chi connectivity index (χ1) is 39.0. The number of unbranched alkanes of at least 4 members (excludes halogenated alkanes) is 18. The molecule has 0 amide bonds. The number of ether oxygens (including phenoxy) is 2. The van der Waals surface area contributed by atoms with Crippen molar-refractivity contribution in [2.45, 2.75) is 238 Å². The molecule has 0 aliphatic carbocycles. The Kier molecular flexibility index (Phi) is 56.5. The van der Waals surface area contributed by atoms with Gasteiger partial charge in [0.05, 0.1) is 27.7 Å². The minimum absolute atomic E-state index is 0.0457. The molecule has 0 fully saturated rings. The number of allylic oxidation sites excluding steroid dienone is 24. The molecule has 2 unspecified atom stereocenters. The molecule has 0 rings (SSSR count). The molecule has 0 aromatic carbocycles. The largest absolute Gasteiger partial charge is 0.756 e. The maximum atomic E-state index is 12.8. The van der Waals surface area contributed by atoms with Gasteiger partial charge in [0.1, 0.15) is 19.8 Å². The summed E-state index contributed by atoms with van der Waals surface area (Å²) in [6.07, 6.45) is 87.9. The predicted octanol–water partition coefficient (Wildman–Crippen LogP) is 19.6. The van der Waals surface area contributed by atoms with Gasteiger partial charge in [0, 0.05) is 12.8 Å². The van der Waals surface area contributed by atoms with E-state index in [0.29, 0.717) is 23.9 Å². The van der Waals surface area contributed by atoms with E-state index in [1.807, 2.05) is 21.1 Å². The minimum atomic E-state index is -4.66. The lowest BCUT2D eigenvalue weighted by atomic mass is 10.0. The van der Waals surface area contributed by atoms with Crippen LogP contribution in [0.3, 0.4) is 0 Å². The van der Waals surface area contributed by atoms with Gasteiger partial charge in [-0.2, -0.15) is 0 Å². The Morgan fingerprint density at radius 2 is 0.688 bits per heavy atom. The molecular formula is C70H116NO8P. The molecule has 9 nitrogen and oxygen atoms in total. The molecule has 0 aliphatic rings. The van der Waals surface area contributed by atoms with Crippen molar-refractivity contribution in [1.82, 2.24) is 0 Å². The second-order valence-corrected chi connectivity index (χ2v) is 23.1. The summed E-state index contributed by atoms with van der Waals surface area (Å²) in [7, 11) is 1.12. The monoisotopic (exact) mass is 1130 g/mol. The van der Waals surface area contributed by atoms with Gasteiger partial charge in [-0.1, -0.05) is 256 Å². The first-order valence-electron chi connectivity index (χ1n) is 31.5. The fourth-order valence-electron chi connectivity index (χ4n) is 8.08. The SMILES string of the molecule is CC/C=C\C/C=C\C/C=C\C/C=C\C/C=C\C/C=C\C/C=C\CCCCCCCCCCCCCCCCCCCC(=O)OC(COC(=O)CCC/C=C\C/C=C\C/C=C\C/C=C\C/C=C\CC)COP(=O)([O-])OCC[N+](C)(C)C. The van der Waals surface area contributed by atoms with Crippen molar-refractivity contribution in [1.29, 1.82) is 0 Å². The number of hydrogen-bond donors (Lipinski definition) is 0. The average molecular weight is 1130 g/mol. The van der Waals surface area contributed by atoms with Crippen LogP contribution in [0.2, 0.25) is 0 Å². The average Bonchev–Trinajstić information content (AvgIpc) is 3.42. The Bertz CT molecular complexity index is 1860. The van der Waals surface area contributed by atoms with Crippen LogP contribution in [0, 0.1) is 0 Å². The zero-order valence-electron chi connectivity index (χ0n) is 51.5. The molecule has 0 saturated carbocycles. The summed E-state index contributed by atoms with van der Waals surface area (Å²) < 4.78 is 34.1. The molecule has 0 radical (unpaired) electrons. The molecule has 0 aromatic rings. The molecule has 0 bridgehead atoms. The lowest BCUT2D eigenvalue weighted by molar-refractivity contribution is -0.870. The third-order valence-electron chi connectivity index (χ3n) is 12.9. The van der Waals surface area contributed by atoms with E-state index < -0.39 is 32.5 Å². The maximum absolute atomic E-state index is 12.8. The number of likely N-dealkylation sites (N-methyl/N-ethyl adjacent to an activating group) is 1. The fraction of sp³-hybridized carbons (Fsp3) is 0.629. The van der Waals surface area contributed by atoms with E-state index in [-0.39, 0.29) is 26.1 Å². The Balaban J connectivity index is 4.07. The molecule has 0 saturated heterocycles. The molecule has 0 heterocycles. The van der Waals surface area contributed by atoms with E-state index >= 15 is 0 Å². The molecule has 10 heteroatoms. The highest BCUT2D eigenvalue weighted by Crippen LogP contribution is 2.38. The highest BCUT2D eigenvalue weighted by atomic mass is 31.2. The van der Waals surface area contributed by atoms with Crippen molar-refractivity contribution >= 4 is 19.8 Å². The molecule has 2 atom stereocenters. The smallest absolute Gasteiger partial charge is 0.306 e. The number of hydrogen-bond acceptors (Lipinski definition) is 8. The Hall–Kier alpha value is -4.11. The number of carbonyl (C=O) groups excluding carboxylic acids is 2. The molecule has 80 heavy (non-hydrogen) atoms. The second-order valence-electron chi connectivity index (χ2n) is 21.7. The summed E-state index contributed by atoms with van der Waals surface area (Å²) in [4.78, 5) is 37.9. The van der Waals surface area contributed by atoms with Crippen molar-refractivity contribution in [3.63, 3.8) is 0 Å². The summed E-state index contributed by atoms with van der Waals surface area (Å²) in [5, 5.41) is 0. The number of quaternary nitrogens is 1. The third kappa shape index (κ3) is 63.1. The van der Waals surface area contributed by atoms with Gasteiger partial charge in [0.2, 0.25) is 0 Å². The van der Waals surface area contributed by atoms with Gasteiger partial charge in [-0.3, -0.25) is 14.2 Å². The number of phosphoric acid groups is 1. The summed E-state index contributed by atoms with van der Waals surface area (Å²) in [5.74, 6) is -0.907. The fourth-order valence-corrected chi connectivity index (χ4v) is 8.81. The van der Waals surface area contributed by atoms with Crippen LogP contribution in [0.1, 0.15) is 232 Å². The van der Waals surface area contributed by atoms with Gasteiger partial charge >= 0.3 is 11.9 Å². The van der Waals surface area contributed by atoms with E-state index in [2.05, 4.69) is 160 Å². The third-order valence-corrected chi connectivity index (χ3v) is 13.8. The zero-order chi connectivity index (χ0) is 58.4. The molecule has 454 valence electrons. The van der Waals surface area contributed by atoms with Crippen LogP contribution in [0.5, 0.6) is 0 Å². The number of phosphoric ester groups is 1. The lowest BCUT2D eigenvalue weighted by Gasteiger charge is -2.28.